The van der Waals surface area contributed by atoms with E-state index < -0.39 is 0 Å². The highest BCUT2D eigenvalue weighted by Gasteiger charge is 2.13. The largest absolute Gasteiger partial charge is 0.497 e. The summed E-state index contributed by atoms with van der Waals surface area (Å²) in [5.74, 6) is 1.36. The third-order valence-electron chi connectivity index (χ3n) is 5.05. The van der Waals surface area contributed by atoms with Crippen LogP contribution in [0.4, 0.5) is 0 Å². The molecule has 152 valence electrons. The van der Waals surface area contributed by atoms with E-state index in [9.17, 15) is 4.79 Å². The van der Waals surface area contributed by atoms with Crippen LogP contribution in [-0.2, 0) is 0 Å². The highest BCUT2D eigenvalue weighted by atomic mass is 16.5. The predicted octanol–water partition coefficient (Wildman–Crippen LogP) is 6.33. The lowest BCUT2D eigenvalue weighted by Gasteiger charge is -2.11. The van der Waals surface area contributed by atoms with Gasteiger partial charge in [0, 0.05) is 16.3 Å². The Morgan fingerprint density at radius 3 is 2.52 bits per heavy atom. The molecule has 0 amide bonds. The van der Waals surface area contributed by atoms with Gasteiger partial charge in [0.15, 0.2) is 0 Å². The van der Waals surface area contributed by atoms with E-state index in [2.05, 4.69) is 32.9 Å². The molecule has 0 N–H and O–H groups in total. The normalized spacial score (nSPS) is 11.7. The maximum absolute atomic E-state index is 12.5. The Balaban J connectivity index is 1.86. The summed E-state index contributed by atoms with van der Waals surface area (Å²) < 4.78 is 16.8. The lowest BCUT2D eigenvalue weighted by atomic mass is 10.0. The third-order valence-corrected chi connectivity index (χ3v) is 5.05. The molecule has 0 aliphatic heterocycles. The van der Waals surface area contributed by atoms with E-state index in [1.54, 1.807) is 13.2 Å². The number of benzene rings is 2. The number of ether oxygens (including phenoxy) is 2. The van der Waals surface area contributed by atoms with E-state index in [1.165, 1.54) is 11.1 Å². The number of methoxy groups -OCH3 is 1. The van der Waals surface area contributed by atoms with Gasteiger partial charge in [-0.3, -0.25) is 0 Å². The van der Waals surface area contributed by atoms with Crippen molar-refractivity contribution in [2.75, 3.05) is 13.7 Å². The lowest BCUT2D eigenvalue weighted by Crippen LogP contribution is -2.03. The molecule has 1 aromatic heterocycles. The van der Waals surface area contributed by atoms with Crippen LogP contribution in [-0.4, -0.2) is 13.7 Å². The Bertz CT molecular complexity index is 1140. The van der Waals surface area contributed by atoms with Gasteiger partial charge in [0.25, 0.3) is 0 Å². The first-order valence-corrected chi connectivity index (χ1v) is 9.86. The molecule has 0 saturated heterocycles. The van der Waals surface area contributed by atoms with Crippen LogP contribution in [0.25, 0.3) is 21.7 Å². The molecule has 0 spiro atoms. The average molecular weight is 392 g/mol. The minimum atomic E-state index is -0.373. The zero-order chi connectivity index (χ0) is 21.0. The van der Waals surface area contributed by atoms with Crippen molar-refractivity contribution < 1.29 is 13.9 Å². The Labute approximate surface area is 171 Å². The van der Waals surface area contributed by atoms with Gasteiger partial charge in [-0.05, 0) is 76.9 Å². The summed E-state index contributed by atoms with van der Waals surface area (Å²) in [7, 11) is 1.58. The molecule has 29 heavy (non-hydrogen) atoms. The van der Waals surface area contributed by atoms with Gasteiger partial charge in [0.2, 0.25) is 0 Å². The Kier molecular flexibility index (Phi) is 6.42. The first kappa shape index (κ1) is 20.7. The molecule has 3 rings (SSSR count). The van der Waals surface area contributed by atoms with Crippen LogP contribution in [0.1, 0.15) is 39.2 Å². The number of hydrogen-bond donors (Lipinski definition) is 0. The number of rotatable bonds is 7. The van der Waals surface area contributed by atoms with Crippen LogP contribution in [0.2, 0.25) is 0 Å². The fourth-order valence-electron chi connectivity index (χ4n) is 3.34. The first-order valence-electron chi connectivity index (χ1n) is 9.86. The Morgan fingerprint density at radius 2 is 1.79 bits per heavy atom. The van der Waals surface area contributed by atoms with E-state index in [0.717, 1.165) is 34.9 Å². The average Bonchev–Trinajstić information content (AvgIpc) is 2.69. The van der Waals surface area contributed by atoms with Crippen LogP contribution in [0.3, 0.4) is 0 Å². The summed E-state index contributed by atoms with van der Waals surface area (Å²) in [5.41, 5.74) is 3.66. The molecule has 4 heteroatoms. The van der Waals surface area contributed by atoms with E-state index in [0.29, 0.717) is 23.3 Å². The third kappa shape index (κ3) is 4.70. The number of hydrogen-bond acceptors (Lipinski definition) is 4. The minimum Gasteiger partial charge on any atom is -0.497 e. The van der Waals surface area contributed by atoms with Crippen molar-refractivity contribution in [1.82, 2.24) is 0 Å². The Morgan fingerprint density at radius 1 is 1.03 bits per heavy atom. The zero-order valence-electron chi connectivity index (χ0n) is 17.8. The van der Waals surface area contributed by atoms with Gasteiger partial charge >= 0.3 is 5.63 Å². The fourth-order valence-corrected chi connectivity index (χ4v) is 3.34. The second-order valence-electron chi connectivity index (χ2n) is 7.55. The van der Waals surface area contributed by atoms with Crippen molar-refractivity contribution >= 4 is 21.7 Å². The predicted molar refractivity (Wildman–Crippen MR) is 119 cm³/mol. The smallest absolute Gasteiger partial charge is 0.344 e. The summed E-state index contributed by atoms with van der Waals surface area (Å²) in [6.07, 6.45) is 6.41. The van der Waals surface area contributed by atoms with Gasteiger partial charge in [0.1, 0.15) is 23.7 Å². The molecule has 0 aliphatic carbocycles. The summed E-state index contributed by atoms with van der Waals surface area (Å²) in [6, 6.07) is 9.34. The van der Waals surface area contributed by atoms with Gasteiger partial charge < -0.3 is 13.9 Å². The SMILES string of the molecule is COc1ccc2c(c1)c(=O)oc1c(C)c(OC/C=C(\C)CCC=C(C)C)ccc12. The van der Waals surface area contributed by atoms with Crippen LogP contribution in [0.5, 0.6) is 11.5 Å². The van der Waals surface area contributed by atoms with Crippen LogP contribution < -0.4 is 15.1 Å². The Hall–Kier alpha value is -3.01. The van der Waals surface area contributed by atoms with Gasteiger partial charge in [-0.15, -0.1) is 0 Å². The summed E-state index contributed by atoms with van der Waals surface area (Å²) in [6.45, 7) is 8.75. The maximum Gasteiger partial charge on any atom is 0.344 e. The minimum absolute atomic E-state index is 0.373. The second kappa shape index (κ2) is 8.99. The molecule has 1 heterocycles. The summed E-state index contributed by atoms with van der Waals surface area (Å²) in [5, 5.41) is 2.25. The topological polar surface area (TPSA) is 48.7 Å². The monoisotopic (exact) mass is 392 g/mol. The van der Waals surface area contributed by atoms with E-state index in [1.807, 2.05) is 31.2 Å². The van der Waals surface area contributed by atoms with Crippen molar-refractivity contribution in [2.24, 2.45) is 0 Å². The molecule has 0 saturated carbocycles. The molecule has 2 aromatic carbocycles. The van der Waals surface area contributed by atoms with Crippen molar-refractivity contribution in [3.63, 3.8) is 0 Å². The van der Waals surface area contributed by atoms with Crippen molar-refractivity contribution in [3.05, 3.63) is 69.6 Å². The van der Waals surface area contributed by atoms with Gasteiger partial charge in [0.05, 0.1) is 12.5 Å². The second-order valence-corrected chi connectivity index (χ2v) is 7.55. The quantitative estimate of drug-likeness (QED) is 0.268. The molecular formula is C25H28O4. The molecular weight excluding hydrogens is 364 g/mol. The summed E-state index contributed by atoms with van der Waals surface area (Å²) in [4.78, 5) is 12.5. The van der Waals surface area contributed by atoms with Crippen LogP contribution in [0.15, 0.2) is 62.8 Å². The van der Waals surface area contributed by atoms with Gasteiger partial charge in [-0.25, -0.2) is 4.79 Å². The lowest BCUT2D eigenvalue weighted by molar-refractivity contribution is 0.358. The molecule has 0 radical (unpaired) electrons. The first-order chi connectivity index (χ1) is 13.9. The molecule has 0 atom stereocenters. The standard InChI is InChI=1S/C25H28O4/c1-16(2)7-6-8-17(3)13-14-28-23-12-11-21-20-10-9-19(27-5)15-22(20)25(26)29-24(21)18(23)4/h7,9-13,15H,6,8,14H2,1-5H3/b17-13+. The van der Waals surface area contributed by atoms with Crippen molar-refractivity contribution in [2.45, 2.75) is 40.5 Å². The number of fused-ring (bicyclic) bond motifs is 3. The van der Waals surface area contributed by atoms with E-state index in [4.69, 9.17) is 13.9 Å². The highest BCUT2D eigenvalue weighted by molar-refractivity contribution is 6.05. The van der Waals surface area contributed by atoms with Gasteiger partial charge in [-0.1, -0.05) is 17.2 Å². The maximum atomic E-state index is 12.5. The fraction of sp³-hybridized carbons (Fsp3) is 0.320. The summed E-state index contributed by atoms with van der Waals surface area (Å²) >= 11 is 0. The highest BCUT2D eigenvalue weighted by Crippen LogP contribution is 2.32. The molecule has 0 fully saturated rings. The van der Waals surface area contributed by atoms with E-state index in [-0.39, 0.29) is 5.63 Å². The van der Waals surface area contributed by atoms with Crippen molar-refractivity contribution in [3.8, 4) is 11.5 Å². The molecule has 3 aromatic rings. The number of aryl methyl sites for hydroxylation is 1. The molecule has 0 bridgehead atoms. The number of allylic oxidation sites excluding steroid dienone is 3. The van der Waals surface area contributed by atoms with Gasteiger partial charge in [-0.2, -0.15) is 0 Å². The van der Waals surface area contributed by atoms with Crippen molar-refractivity contribution in [1.29, 1.82) is 0 Å². The zero-order valence-corrected chi connectivity index (χ0v) is 17.8. The van der Waals surface area contributed by atoms with Crippen LogP contribution >= 0.6 is 0 Å². The van der Waals surface area contributed by atoms with Crippen LogP contribution in [0, 0.1) is 6.92 Å². The van der Waals surface area contributed by atoms with E-state index >= 15 is 0 Å². The molecule has 0 unspecified atom stereocenters. The molecule has 4 nitrogen and oxygen atoms in total. The molecule has 0 aliphatic rings.